The molecule has 0 unspecified atom stereocenters. The molecule has 7 nitrogen and oxygen atoms in total. The van der Waals surface area contributed by atoms with Crippen LogP contribution in [-0.4, -0.2) is 32.9 Å². The number of halogens is 3. The van der Waals surface area contributed by atoms with Gasteiger partial charge in [-0.25, -0.2) is 21.6 Å². The third kappa shape index (κ3) is 6.54. The number of hydrogen-bond donors (Lipinski definition) is 2. The zero-order valence-corrected chi connectivity index (χ0v) is 18.4. The number of nitrogens with one attached hydrogen (secondary N) is 2. The van der Waals surface area contributed by atoms with Gasteiger partial charge in [0.05, 0.1) is 17.1 Å². The Morgan fingerprint density at radius 2 is 1.66 bits per heavy atom. The molecule has 2 N–H and O–H groups in total. The first-order valence-electron chi connectivity index (χ1n) is 9.69. The van der Waals surface area contributed by atoms with Gasteiger partial charge >= 0.3 is 5.97 Å². The molecule has 0 bridgehead atoms. The minimum Gasteiger partial charge on any atom is -0.465 e. The summed E-state index contributed by atoms with van der Waals surface area (Å²) in [6, 6.07) is 3.85. The summed E-state index contributed by atoms with van der Waals surface area (Å²) in [5, 5.41) is 2.17. The first-order valence-corrected chi connectivity index (χ1v) is 11.2. The van der Waals surface area contributed by atoms with Crippen LogP contribution in [0.4, 0.5) is 18.9 Å². The molecule has 0 aromatic heterocycles. The summed E-state index contributed by atoms with van der Waals surface area (Å²) in [4.78, 5) is 24.1. The number of benzene rings is 2. The number of esters is 1. The van der Waals surface area contributed by atoms with E-state index in [1.165, 1.54) is 0 Å². The largest absolute Gasteiger partial charge is 0.465 e. The van der Waals surface area contributed by atoms with Crippen LogP contribution in [0.1, 0.15) is 37.6 Å². The lowest BCUT2D eigenvalue weighted by Crippen LogP contribution is -2.42. The van der Waals surface area contributed by atoms with Gasteiger partial charge in [0.2, 0.25) is 10.0 Å². The number of ether oxygens (including phenoxy) is 1. The maximum absolute atomic E-state index is 14.2. The summed E-state index contributed by atoms with van der Waals surface area (Å²) in [6.45, 7) is 5.22. The van der Waals surface area contributed by atoms with Crippen LogP contribution in [0.5, 0.6) is 0 Å². The van der Waals surface area contributed by atoms with E-state index < -0.39 is 55.9 Å². The van der Waals surface area contributed by atoms with Crippen molar-refractivity contribution >= 4 is 27.6 Å². The number of sulfonamides is 1. The summed E-state index contributed by atoms with van der Waals surface area (Å²) in [5.41, 5.74) is -0.798. The molecule has 0 saturated carbocycles. The van der Waals surface area contributed by atoms with E-state index in [0.29, 0.717) is 6.07 Å². The normalized spacial score (nSPS) is 12.5. The molecule has 0 aliphatic carbocycles. The highest BCUT2D eigenvalue weighted by Crippen LogP contribution is 2.20. The molecular weight excluding hydrogens is 449 g/mol. The molecule has 0 saturated heterocycles. The zero-order valence-electron chi connectivity index (χ0n) is 17.6. The molecular formula is C21H23F3N2O5S. The number of amides is 1. The second-order valence-corrected chi connectivity index (χ2v) is 8.99. The van der Waals surface area contributed by atoms with Gasteiger partial charge in [0.1, 0.15) is 11.9 Å². The lowest BCUT2D eigenvalue weighted by molar-refractivity contribution is -0.145. The average Bonchev–Trinajstić information content (AvgIpc) is 2.70. The summed E-state index contributed by atoms with van der Waals surface area (Å²) in [6.07, 6.45) is 0.155. The fourth-order valence-electron chi connectivity index (χ4n) is 2.78. The Bertz CT molecular complexity index is 1110. The van der Waals surface area contributed by atoms with Crippen molar-refractivity contribution in [3.63, 3.8) is 0 Å². The standard InChI is InChI=1S/C21H23F3N2O5S/c1-4-31-21(28)19(9-12(2)3)26-32(29,30)14-6-8-16(22)15(11-14)20(27)25-13-5-7-17(23)18(24)10-13/h5-8,10-12,19,26H,4,9H2,1-3H3,(H,25,27)/t19-/m0/s1. The molecule has 2 aromatic carbocycles. The minimum atomic E-state index is -4.33. The quantitative estimate of drug-likeness (QED) is 0.543. The van der Waals surface area contributed by atoms with Crippen LogP contribution >= 0.6 is 0 Å². The van der Waals surface area contributed by atoms with Crippen molar-refractivity contribution in [2.24, 2.45) is 5.92 Å². The third-order valence-electron chi connectivity index (χ3n) is 4.25. The van der Waals surface area contributed by atoms with E-state index in [4.69, 9.17) is 4.74 Å². The predicted octanol–water partition coefficient (Wildman–Crippen LogP) is 3.61. The fourth-order valence-corrected chi connectivity index (χ4v) is 4.00. The summed E-state index contributed by atoms with van der Waals surface area (Å²) >= 11 is 0. The van der Waals surface area contributed by atoms with Gasteiger partial charge in [-0.1, -0.05) is 13.8 Å². The van der Waals surface area contributed by atoms with Gasteiger partial charge in [-0.15, -0.1) is 0 Å². The van der Waals surface area contributed by atoms with Crippen LogP contribution in [0.2, 0.25) is 0 Å². The van der Waals surface area contributed by atoms with Gasteiger partial charge in [-0.05, 0) is 49.6 Å². The molecule has 174 valence electrons. The molecule has 0 fully saturated rings. The smallest absolute Gasteiger partial charge is 0.324 e. The Hall–Kier alpha value is -2.92. The zero-order chi connectivity index (χ0) is 24.1. The monoisotopic (exact) mass is 472 g/mol. The summed E-state index contributed by atoms with van der Waals surface area (Å²) < 4.78 is 73.3. The van der Waals surface area contributed by atoms with E-state index in [9.17, 15) is 31.2 Å². The molecule has 2 rings (SSSR count). The Morgan fingerprint density at radius 3 is 2.25 bits per heavy atom. The maximum atomic E-state index is 14.2. The van der Waals surface area contributed by atoms with Crippen LogP contribution in [-0.2, 0) is 19.6 Å². The Labute approximate surface area is 184 Å². The highest BCUT2D eigenvalue weighted by molar-refractivity contribution is 7.89. The lowest BCUT2D eigenvalue weighted by Gasteiger charge is -2.19. The van der Waals surface area contributed by atoms with Gasteiger partial charge < -0.3 is 10.1 Å². The SMILES string of the molecule is CCOC(=O)[C@H](CC(C)C)NS(=O)(=O)c1ccc(F)c(C(=O)Nc2ccc(F)c(F)c2)c1. The van der Waals surface area contributed by atoms with E-state index in [1.54, 1.807) is 20.8 Å². The van der Waals surface area contributed by atoms with Crippen LogP contribution in [0.3, 0.4) is 0 Å². The molecule has 0 heterocycles. The average molecular weight is 472 g/mol. The first-order chi connectivity index (χ1) is 14.9. The van der Waals surface area contributed by atoms with Crippen molar-refractivity contribution in [2.45, 2.75) is 38.1 Å². The summed E-state index contributed by atoms with van der Waals surface area (Å²) in [7, 11) is -4.33. The van der Waals surface area contributed by atoms with E-state index in [-0.39, 0.29) is 24.6 Å². The van der Waals surface area contributed by atoms with E-state index in [0.717, 1.165) is 30.3 Å². The van der Waals surface area contributed by atoms with Gasteiger partial charge in [0, 0.05) is 11.8 Å². The van der Waals surface area contributed by atoms with Crippen molar-refractivity contribution in [1.29, 1.82) is 0 Å². The molecule has 11 heteroatoms. The molecule has 0 spiro atoms. The van der Waals surface area contributed by atoms with Gasteiger partial charge in [0.25, 0.3) is 5.91 Å². The van der Waals surface area contributed by atoms with Crippen molar-refractivity contribution < 1.29 is 35.9 Å². The van der Waals surface area contributed by atoms with Gasteiger partial charge in [-0.3, -0.25) is 9.59 Å². The molecule has 32 heavy (non-hydrogen) atoms. The Balaban J connectivity index is 2.31. The maximum Gasteiger partial charge on any atom is 0.324 e. The second kappa shape index (κ2) is 10.6. The number of anilines is 1. The van der Waals surface area contributed by atoms with Crippen molar-refractivity contribution in [1.82, 2.24) is 4.72 Å². The molecule has 1 amide bonds. The van der Waals surface area contributed by atoms with Crippen molar-refractivity contribution in [2.75, 3.05) is 11.9 Å². The molecule has 1 atom stereocenters. The Morgan fingerprint density at radius 1 is 1.00 bits per heavy atom. The molecule has 0 radical (unpaired) electrons. The minimum absolute atomic E-state index is 0.0437. The van der Waals surface area contributed by atoms with E-state index in [1.807, 2.05) is 0 Å². The number of rotatable bonds is 9. The van der Waals surface area contributed by atoms with E-state index >= 15 is 0 Å². The highest BCUT2D eigenvalue weighted by Gasteiger charge is 2.28. The first kappa shape index (κ1) is 25.3. The lowest BCUT2D eigenvalue weighted by atomic mass is 10.1. The number of carbonyl (C=O) groups is 2. The molecule has 0 aliphatic rings. The summed E-state index contributed by atoms with van der Waals surface area (Å²) in [5.74, 6) is -5.27. The van der Waals surface area contributed by atoms with E-state index in [2.05, 4.69) is 10.0 Å². The second-order valence-electron chi connectivity index (χ2n) is 7.28. The van der Waals surface area contributed by atoms with Crippen LogP contribution in [0, 0.1) is 23.4 Å². The van der Waals surface area contributed by atoms with Crippen LogP contribution < -0.4 is 10.0 Å². The number of hydrogen-bond acceptors (Lipinski definition) is 5. The van der Waals surface area contributed by atoms with Crippen molar-refractivity contribution in [3.8, 4) is 0 Å². The number of carbonyl (C=O) groups excluding carboxylic acids is 2. The topological polar surface area (TPSA) is 102 Å². The van der Waals surface area contributed by atoms with Crippen molar-refractivity contribution in [3.05, 3.63) is 59.4 Å². The fraction of sp³-hybridized carbons (Fsp3) is 0.333. The van der Waals surface area contributed by atoms with Crippen LogP contribution in [0.25, 0.3) is 0 Å². The Kier molecular flexibility index (Phi) is 8.39. The molecule has 0 aliphatic heterocycles. The van der Waals surface area contributed by atoms with Gasteiger partial charge in [-0.2, -0.15) is 4.72 Å². The predicted molar refractivity (Wildman–Crippen MR) is 111 cm³/mol. The van der Waals surface area contributed by atoms with Crippen LogP contribution in [0.15, 0.2) is 41.3 Å². The highest BCUT2D eigenvalue weighted by atomic mass is 32.2. The van der Waals surface area contributed by atoms with Gasteiger partial charge in [0.15, 0.2) is 11.6 Å². The third-order valence-corrected chi connectivity index (χ3v) is 5.72. The molecule has 2 aromatic rings.